The van der Waals surface area contributed by atoms with Gasteiger partial charge in [-0.1, -0.05) is 23.4 Å². The number of hydrogen-bond donors (Lipinski definition) is 0. The second-order valence-electron chi connectivity index (χ2n) is 7.02. The summed E-state index contributed by atoms with van der Waals surface area (Å²) in [5, 5.41) is 8.35. The van der Waals surface area contributed by atoms with Gasteiger partial charge in [0.25, 0.3) is 5.91 Å². The van der Waals surface area contributed by atoms with Crippen molar-refractivity contribution in [3.8, 4) is 11.5 Å². The second kappa shape index (κ2) is 9.41. The second-order valence-corrected chi connectivity index (χ2v) is 7.02. The third-order valence-electron chi connectivity index (χ3n) is 4.87. The summed E-state index contributed by atoms with van der Waals surface area (Å²) in [5.41, 5.74) is 1.40. The minimum atomic E-state index is 0.00226. The lowest BCUT2D eigenvalue weighted by atomic mass is 10.1. The summed E-state index contributed by atoms with van der Waals surface area (Å²) in [7, 11) is 1.63. The molecule has 156 valence electrons. The van der Waals surface area contributed by atoms with Crippen molar-refractivity contribution in [1.29, 1.82) is 0 Å². The summed E-state index contributed by atoms with van der Waals surface area (Å²) in [6.45, 7) is 2.57. The Morgan fingerprint density at radius 3 is 2.47 bits per heavy atom. The minimum absolute atomic E-state index is 0.00226. The van der Waals surface area contributed by atoms with Crippen LogP contribution in [0.5, 0.6) is 11.5 Å². The van der Waals surface area contributed by atoms with Crippen LogP contribution in [0.4, 0.5) is 0 Å². The zero-order valence-corrected chi connectivity index (χ0v) is 16.8. The SMILES string of the molecule is COCCOc1ccc(C(=O)N2CC(n3cc(COc4ccccc4)nn3)C2)cc1. The van der Waals surface area contributed by atoms with E-state index in [4.69, 9.17) is 14.2 Å². The van der Waals surface area contributed by atoms with E-state index in [0.717, 1.165) is 17.2 Å². The Balaban J connectivity index is 1.25. The summed E-state index contributed by atoms with van der Waals surface area (Å²) in [5.74, 6) is 1.52. The number of carbonyl (C=O) groups excluding carboxylic acids is 1. The van der Waals surface area contributed by atoms with Crippen molar-refractivity contribution in [1.82, 2.24) is 19.9 Å². The predicted molar refractivity (Wildman–Crippen MR) is 110 cm³/mol. The Morgan fingerprint density at radius 2 is 1.73 bits per heavy atom. The minimum Gasteiger partial charge on any atom is -0.491 e. The Morgan fingerprint density at radius 1 is 1.00 bits per heavy atom. The lowest BCUT2D eigenvalue weighted by Gasteiger charge is -2.38. The highest BCUT2D eigenvalue weighted by molar-refractivity contribution is 5.94. The molecule has 30 heavy (non-hydrogen) atoms. The average molecular weight is 408 g/mol. The number of carbonyl (C=O) groups is 1. The molecule has 2 aromatic carbocycles. The van der Waals surface area contributed by atoms with Gasteiger partial charge in [0.15, 0.2) is 0 Å². The first-order valence-electron chi connectivity index (χ1n) is 9.82. The summed E-state index contributed by atoms with van der Waals surface area (Å²) >= 11 is 0. The summed E-state index contributed by atoms with van der Waals surface area (Å²) < 4.78 is 18.0. The van der Waals surface area contributed by atoms with Gasteiger partial charge in [-0.2, -0.15) is 0 Å². The molecule has 1 aliphatic heterocycles. The highest BCUT2D eigenvalue weighted by Gasteiger charge is 2.33. The van der Waals surface area contributed by atoms with E-state index in [0.29, 0.717) is 38.5 Å². The van der Waals surface area contributed by atoms with Crippen LogP contribution in [0, 0.1) is 0 Å². The normalized spacial score (nSPS) is 13.7. The molecule has 1 aliphatic rings. The molecule has 0 spiro atoms. The third kappa shape index (κ3) is 4.77. The Labute approximate surface area is 175 Å². The van der Waals surface area contributed by atoms with Crippen LogP contribution in [0.25, 0.3) is 0 Å². The number of nitrogens with zero attached hydrogens (tertiary/aromatic N) is 4. The van der Waals surface area contributed by atoms with Gasteiger partial charge in [-0.25, -0.2) is 4.68 Å². The van der Waals surface area contributed by atoms with Crippen LogP contribution >= 0.6 is 0 Å². The molecule has 0 N–H and O–H groups in total. The van der Waals surface area contributed by atoms with E-state index in [1.165, 1.54) is 0 Å². The van der Waals surface area contributed by atoms with Gasteiger partial charge in [0.1, 0.15) is 30.4 Å². The van der Waals surface area contributed by atoms with Crippen LogP contribution in [-0.2, 0) is 11.3 Å². The quantitative estimate of drug-likeness (QED) is 0.507. The molecule has 0 bridgehead atoms. The van der Waals surface area contributed by atoms with Gasteiger partial charge in [0, 0.05) is 25.8 Å². The van der Waals surface area contributed by atoms with E-state index >= 15 is 0 Å². The number of hydrogen-bond acceptors (Lipinski definition) is 6. The molecule has 8 heteroatoms. The number of ether oxygens (including phenoxy) is 3. The van der Waals surface area contributed by atoms with Gasteiger partial charge in [-0.05, 0) is 36.4 Å². The molecule has 0 atom stereocenters. The summed E-state index contributed by atoms with van der Waals surface area (Å²) in [6, 6.07) is 16.9. The molecule has 4 rings (SSSR count). The maximum Gasteiger partial charge on any atom is 0.254 e. The van der Waals surface area contributed by atoms with E-state index in [1.54, 1.807) is 41.0 Å². The van der Waals surface area contributed by atoms with E-state index in [-0.39, 0.29) is 11.9 Å². The van der Waals surface area contributed by atoms with E-state index < -0.39 is 0 Å². The van der Waals surface area contributed by atoms with E-state index in [9.17, 15) is 4.79 Å². The first kappa shape index (κ1) is 19.9. The zero-order chi connectivity index (χ0) is 20.8. The van der Waals surface area contributed by atoms with Gasteiger partial charge in [0.05, 0.1) is 18.8 Å². The Kier molecular flexibility index (Phi) is 6.24. The number of amides is 1. The largest absolute Gasteiger partial charge is 0.491 e. The maximum absolute atomic E-state index is 12.6. The fraction of sp³-hybridized carbons (Fsp3) is 0.318. The van der Waals surface area contributed by atoms with Crippen LogP contribution < -0.4 is 9.47 Å². The fourth-order valence-electron chi connectivity index (χ4n) is 3.14. The number of likely N-dealkylation sites (tertiary alicyclic amines) is 1. The topological polar surface area (TPSA) is 78.7 Å². The van der Waals surface area contributed by atoms with Crippen molar-refractivity contribution in [3.63, 3.8) is 0 Å². The van der Waals surface area contributed by atoms with Crippen molar-refractivity contribution in [3.05, 3.63) is 72.1 Å². The number of aromatic nitrogens is 3. The first-order valence-corrected chi connectivity index (χ1v) is 9.82. The average Bonchev–Trinajstić information content (AvgIpc) is 3.21. The third-order valence-corrected chi connectivity index (χ3v) is 4.87. The van der Waals surface area contributed by atoms with Gasteiger partial charge in [0.2, 0.25) is 0 Å². The van der Waals surface area contributed by atoms with Crippen molar-refractivity contribution < 1.29 is 19.0 Å². The lowest BCUT2D eigenvalue weighted by Crippen LogP contribution is -2.50. The van der Waals surface area contributed by atoms with Crippen molar-refractivity contribution in [2.75, 3.05) is 33.4 Å². The van der Waals surface area contributed by atoms with Crippen LogP contribution in [0.2, 0.25) is 0 Å². The van der Waals surface area contributed by atoms with Crippen LogP contribution in [0.3, 0.4) is 0 Å². The molecular formula is C22H24N4O4. The van der Waals surface area contributed by atoms with Crippen LogP contribution in [-0.4, -0.2) is 59.2 Å². The maximum atomic E-state index is 12.6. The number of rotatable bonds is 9. The molecular weight excluding hydrogens is 384 g/mol. The standard InChI is InChI=1S/C22H24N4O4/c1-28-11-12-29-21-9-7-17(8-10-21)22(27)25-14-19(15-25)26-13-18(23-24-26)16-30-20-5-3-2-4-6-20/h2-10,13,19H,11-12,14-16H2,1H3. The van der Waals surface area contributed by atoms with Crippen molar-refractivity contribution in [2.24, 2.45) is 0 Å². The molecule has 3 aromatic rings. The zero-order valence-electron chi connectivity index (χ0n) is 16.8. The Bertz CT molecular complexity index is 953. The highest BCUT2D eigenvalue weighted by Crippen LogP contribution is 2.24. The molecule has 0 radical (unpaired) electrons. The molecule has 0 saturated carbocycles. The van der Waals surface area contributed by atoms with E-state index in [2.05, 4.69) is 10.3 Å². The monoisotopic (exact) mass is 408 g/mol. The molecule has 8 nitrogen and oxygen atoms in total. The Hall–Kier alpha value is -3.39. The van der Waals surface area contributed by atoms with Crippen LogP contribution in [0.15, 0.2) is 60.8 Å². The van der Waals surface area contributed by atoms with Crippen molar-refractivity contribution in [2.45, 2.75) is 12.6 Å². The van der Waals surface area contributed by atoms with Gasteiger partial charge < -0.3 is 19.1 Å². The highest BCUT2D eigenvalue weighted by atomic mass is 16.5. The molecule has 0 aliphatic carbocycles. The fourth-order valence-corrected chi connectivity index (χ4v) is 3.14. The number of benzene rings is 2. The lowest BCUT2D eigenvalue weighted by molar-refractivity contribution is 0.0498. The smallest absolute Gasteiger partial charge is 0.254 e. The molecule has 1 fully saturated rings. The molecule has 1 aromatic heterocycles. The van der Waals surface area contributed by atoms with E-state index in [1.807, 2.05) is 36.5 Å². The summed E-state index contributed by atoms with van der Waals surface area (Å²) in [6.07, 6.45) is 1.88. The first-order chi connectivity index (χ1) is 14.7. The number of methoxy groups -OCH3 is 1. The summed E-state index contributed by atoms with van der Waals surface area (Å²) in [4.78, 5) is 14.4. The molecule has 1 saturated heterocycles. The molecule has 1 amide bonds. The van der Waals surface area contributed by atoms with Gasteiger partial charge >= 0.3 is 0 Å². The molecule has 2 heterocycles. The van der Waals surface area contributed by atoms with Crippen LogP contribution in [0.1, 0.15) is 22.1 Å². The number of para-hydroxylation sites is 1. The predicted octanol–water partition coefficient (Wildman–Crippen LogP) is 2.58. The molecule has 0 unspecified atom stereocenters. The van der Waals surface area contributed by atoms with Gasteiger partial charge in [-0.15, -0.1) is 5.10 Å². The van der Waals surface area contributed by atoms with Crippen molar-refractivity contribution >= 4 is 5.91 Å². The van der Waals surface area contributed by atoms with Gasteiger partial charge in [-0.3, -0.25) is 4.79 Å².